The van der Waals surface area contributed by atoms with Crippen molar-refractivity contribution in [1.82, 2.24) is 13.9 Å². The number of halogens is 2. The van der Waals surface area contributed by atoms with Crippen LogP contribution < -0.4 is 5.32 Å². The molecule has 3 aromatic rings. The molecule has 15 heteroatoms. The molecule has 2 N–H and O–H groups in total. The highest BCUT2D eigenvalue weighted by Gasteiger charge is 2.48. The predicted molar refractivity (Wildman–Crippen MR) is 146 cm³/mol. The van der Waals surface area contributed by atoms with Gasteiger partial charge in [-0.25, -0.2) is 21.2 Å². The van der Waals surface area contributed by atoms with E-state index in [1.807, 2.05) is 0 Å². The lowest BCUT2D eigenvalue weighted by Crippen LogP contribution is -2.63. The molecule has 1 aliphatic heterocycles. The molecule has 40 heavy (non-hydrogen) atoms. The maximum Gasteiger partial charge on any atom is 0.305 e. The quantitative estimate of drug-likeness (QED) is 0.368. The molecule has 2 atom stereocenters. The smallest absolute Gasteiger partial charge is 0.305 e. The Morgan fingerprint density at radius 1 is 1.07 bits per heavy atom. The van der Waals surface area contributed by atoms with Crippen LogP contribution in [0.25, 0.3) is 0 Å². The molecule has 0 spiro atoms. The van der Waals surface area contributed by atoms with Gasteiger partial charge in [-0.05, 0) is 48.6 Å². The molecular formula is C25H25ClFN3O7S3. The van der Waals surface area contributed by atoms with E-state index in [9.17, 15) is 35.9 Å². The summed E-state index contributed by atoms with van der Waals surface area (Å²) in [4.78, 5) is 25.1. The highest BCUT2D eigenvalue weighted by molar-refractivity contribution is 7.91. The zero-order valence-electron chi connectivity index (χ0n) is 21.0. The Morgan fingerprint density at radius 3 is 2.38 bits per heavy atom. The van der Waals surface area contributed by atoms with E-state index in [4.69, 9.17) is 11.6 Å². The molecule has 0 radical (unpaired) electrons. The van der Waals surface area contributed by atoms with Crippen molar-refractivity contribution in [3.05, 3.63) is 81.9 Å². The molecule has 4 rings (SSSR count). The minimum Gasteiger partial charge on any atom is -0.481 e. The fourth-order valence-electron chi connectivity index (χ4n) is 4.39. The predicted octanol–water partition coefficient (Wildman–Crippen LogP) is 3.59. The topological polar surface area (TPSA) is 141 Å². The van der Waals surface area contributed by atoms with Gasteiger partial charge in [-0.2, -0.15) is 8.61 Å². The number of aliphatic carboxylic acids is 1. The second-order valence-electron chi connectivity index (χ2n) is 9.04. The van der Waals surface area contributed by atoms with Crippen LogP contribution in [0.1, 0.15) is 30.0 Å². The van der Waals surface area contributed by atoms with E-state index in [1.54, 1.807) is 31.2 Å². The summed E-state index contributed by atoms with van der Waals surface area (Å²) in [5.74, 6) is -3.13. The number of aryl methyl sites for hydroxylation is 1. The summed E-state index contributed by atoms with van der Waals surface area (Å²) in [5.41, 5.74) is 1.23. The summed E-state index contributed by atoms with van der Waals surface area (Å²) >= 11 is 6.73. The Labute approximate surface area is 240 Å². The first-order valence-electron chi connectivity index (χ1n) is 11.9. The minimum absolute atomic E-state index is 0.0545. The number of amides is 1. The van der Waals surface area contributed by atoms with Gasteiger partial charge in [-0.15, -0.1) is 11.3 Å². The summed E-state index contributed by atoms with van der Waals surface area (Å²) in [6.07, 6.45) is -2.39. The molecule has 1 fully saturated rings. The number of nitrogens with one attached hydrogen (secondary N) is 1. The molecule has 1 saturated heterocycles. The summed E-state index contributed by atoms with van der Waals surface area (Å²) in [6.45, 7) is 1.37. The van der Waals surface area contributed by atoms with Crippen LogP contribution in [0, 0.1) is 12.7 Å². The van der Waals surface area contributed by atoms with Gasteiger partial charge in [-0.1, -0.05) is 47.5 Å². The minimum atomic E-state index is -4.59. The fourth-order valence-corrected chi connectivity index (χ4v) is 9.03. The lowest BCUT2D eigenvalue weighted by Gasteiger charge is -2.41. The fraction of sp³-hybridized carbons (Fsp3) is 0.280. The van der Waals surface area contributed by atoms with Crippen molar-refractivity contribution in [2.24, 2.45) is 0 Å². The molecule has 2 unspecified atom stereocenters. The van der Waals surface area contributed by atoms with Crippen LogP contribution in [0.3, 0.4) is 0 Å². The van der Waals surface area contributed by atoms with Crippen LogP contribution in [0.4, 0.5) is 4.39 Å². The number of hydrogen-bond acceptors (Lipinski definition) is 7. The van der Waals surface area contributed by atoms with Crippen LogP contribution in [-0.4, -0.2) is 61.7 Å². The summed E-state index contributed by atoms with van der Waals surface area (Å²) in [6, 6.07) is 11.2. The molecule has 2 aromatic carbocycles. The highest BCUT2D eigenvalue weighted by Crippen LogP contribution is 2.32. The van der Waals surface area contributed by atoms with Crippen molar-refractivity contribution in [1.29, 1.82) is 0 Å². The average Bonchev–Trinajstić information content (AvgIpc) is 3.45. The highest BCUT2D eigenvalue weighted by atomic mass is 35.5. The van der Waals surface area contributed by atoms with Crippen LogP contribution in [0.2, 0.25) is 5.02 Å². The Bertz CT molecular complexity index is 1630. The maximum absolute atomic E-state index is 13.9. The van der Waals surface area contributed by atoms with Crippen molar-refractivity contribution in [3.63, 3.8) is 0 Å². The molecule has 1 aliphatic rings. The molecular weight excluding hydrogens is 605 g/mol. The molecule has 10 nitrogen and oxygen atoms in total. The summed E-state index contributed by atoms with van der Waals surface area (Å²) in [7, 11) is -8.94. The number of hydrogen-bond donors (Lipinski definition) is 2. The molecule has 2 heterocycles. The monoisotopic (exact) mass is 629 g/mol. The number of sulfonamides is 2. The van der Waals surface area contributed by atoms with E-state index >= 15 is 0 Å². The van der Waals surface area contributed by atoms with Crippen molar-refractivity contribution >= 4 is 54.9 Å². The van der Waals surface area contributed by atoms with Crippen LogP contribution in [0.5, 0.6) is 0 Å². The van der Waals surface area contributed by atoms with Gasteiger partial charge in [0.05, 0.1) is 22.4 Å². The number of carbonyl (C=O) groups is 2. The van der Waals surface area contributed by atoms with Crippen LogP contribution >= 0.6 is 22.9 Å². The van der Waals surface area contributed by atoms with Crippen molar-refractivity contribution < 1.29 is 35.9 Å². The first kappa shape index (κ1) is 30.1. The van der Waals surface area contributed by atoms with Crippen molar-refractivity contribution in [2.45, 2.75) is 41.1 Å². The third-order valence-electron chi connectivity index (χ3n) is 6.23. The number of carbonyl (C=O) groups excluding carboxylic acids is 1. The normalized spacial score (nSPS) is 17.8. The Balaban J connectivity index is 1.81. The molecule has 0 bridgehead atoms. The van der Waals surface area contributed by atoms with E-state index in [0.717, 1.165) is 39.4 Å². The lowest BCUT2D eigenvalue weighted by molar-refractivity contribution is -0.138. The average molecular weight is 630 g/mol. The van der Waals surface area contributed by atoms with E-state index in [1.165, 1.54) is 17.5 Å². The maximum atomic E-state index is 13.9. The van der Waals surface area contributed by atoms with Gasteiger partial charge in [-0.3, -0.25) is 9.59 Å². The van der Waals surface area contributed by atoms with E-state index in [-0.39, 0.29) is 23.7 Å². The third-order valence-corrected chi connectivity index (χ3v) is 11.6. The SMILES string of the molecule is Cc1cccc(C(CC(=O)O)NC(=O)C2N(S(=O)(=O)c3ccc(F)c(Cl)c3)CCCN2S(=O)(=O)c2cccs2)c1. The Hall–Kier alpha value is -2.88. The first-order valence-corrected chi connectivity index (χ1v) is 16.1. The summed E-state index contributed by atoms with van der Waals surface area (Å²) < 4.78 is 70.0. The number of carboxylic acids is 1. The number of rotatable bonds is 9. The Morgan fingerprint density at radius 2 is 1.77 bits per heavy atom. The number of benzene rings is 2. The van der Waals surface area contributed by atoms with E-state index < -0.39 is 66.3 Å². The lowest BCUT2D eigenvalue weighted by atomic mass is 10.0. The van der Waals surface area contributed by atoms with Gasteiger partial charge in [0.25, 0.3) is 15.9 Å². The first-order chi connectivity index (χ1) is 18.8. The van der Waals surface area contributed by atoms with Gasteiger partial charge in [0.15, 0.2) is 6.17 Å². The Kier molecular flexibility index (Phi) is 8.97. The number of nitrogens with zero attached hydrogens (tertiary/aromatic N) is 2. The standard InChI is InChI=1S/C25H25ClFN3O7S3/c1-16-5-2-6-17(13-16)21(15-22(31)32)28-24(33)25-29(39(34,35)18-8-9-20(27)19(26)14-18)10-4-11-30(25)40(36,37)23-7-3-12-38-23/h2-3,5-9,12-14,21,25H,4,10-11,15H2,1H3,(H,28,33)(H,31,32). The van der Waals surface area contributed by atoms with Gasteiger partial charge < -0.3 is 10.4 Å². The molecule has 214 valence electrons. The van der Waals surface area contributed by atoms with Crippen LogP contribution in [0.15, 0.2) is 69.1 Å². The third kappa shape index (κ3) is 6.21. The van der Waals surface area contributed by atoms with Crippen molar-refractivity contribution in [2.75, 3.05) is 13.1 Å². The zero-order chi connectivity index (χ0) is 29.2. The molecule has 0 saturated carbocycles. The molecule has 1 amide bonds. The number of thiophene rings is 1. The van der Waals surface area contributed by atoms with Gasteiger partial charge in [0, 0.05) is 13.1 Å². The molecule has 0 aliphatic carbocycles. The number of carboxylic acid groups (broad SMARTS) is 1. The zero-order valence-corrected chi connectivity index (χ0v) is 24.2. The van der Waals surface area contributed by atoms with E-state index in [0.29, 0.717) is 9.87 Å². The van der Waals surface area contributed by atoms with E-state index in [2.05, 4.69) is 5.32 Å². The van der Waals surface area contributed by atoms with Gasteiger partial charge in [0.2, 0.25) is 10.0 Å². The van der Waals surface area contributed by atoms with Gasteiger partial charge in [0.1, 0.15) is 10.0 Å². The van der Waals surface area contributed by atoms with Crippen LogP contribution in [-0.2, 0) is 29.6 Å². The van der Waals surface area contributed by atoms with Gasteiger partial charge >= 0.3 is 5.97 Å². The second kappa shape index (κ2) is 11.9. The largest absolute Gasteiger partial charge is 0.481 e. The second-order valence-corrected chi connectivity index (χ2v) is 14.4. The summed E-state index contributed by atoms with van der Waals surface area (Å²) in [5, 5.41) is 13.1. The molecule has 1 aromatic heterocycles. The van der Waals surface area contributed by atoms with Crippen molar-refractivity contribution in [3.8, 4) is 0 Å².